The monoisotopic (exact) mass is 797 g/mol. The van der Waals surface area contributed by atoms with Crippen molar-refractivity contribution in [1.82, 2.24) is 4.31 Å². The molecule has 56 heavy (non-hydrogen) atoms. The number of thiophene rings is 1. The van der Waals surface area contributed by atoms with Crippen LogP contribution in [0.2, 0.25) is 0 Å². The Kier molecular flexibility index (Phi) is 12.0. The lowest BCUT2D eigenvalue weighted by atomic mass is 9.86. The minimum atomic E-state index is -3.94. The zero-order valence-electron chi connectivity index (χ0n) is 31.4. The first-order valence-corrected chi connectivity index (χ1v) is 21.8. The summed E-state index contributed by atoms with van der Waals surface area (Å²) in [5, 5.41) is 15.6. The van der Waals surface area contributed by atoms with Crippen LogP contribution in [0.4, 0.5) is 10.7 Å². The molecule has 13 heteroatoms. The van der Waals surface area contributed by atoms with Crippen LogP contribution in [0.5, 0.6) is 0 Å². The molecule has 2 saturated carbocycles. The van der Waals surface area contributed by atoms with E-state index in [0.717, 1.165) is 72.9 Å². The fourth-order valence-corrected chi connectivity index (χ4v) is 11.1. The molecule has 4 aromatic rings. The van der Waals surface area contributed by atoms with Crippen LogP contribution in [-0.2, 0) is 45.2 Å². The second-order valence-corrected chi connectivity index (χ2v) is 17.8. The molecule has 0 unspecified atom stereocenters. The smallest absolute Gasteiger partial charge is 0.335 e. The summed E-state index contributed by atoms with van der Waals surface area (Å²) in [7, 11) is -3.94. The maximum Gasteiger partial charge on any atom is 0.335 e. The number of esters is 1. The summed E-state index contributed by atoms with van der Waals surface area (Å²) in [6.07, 6.45) is 8.81. The first-order chi connectivity index (χ1) is 27.0. The summed E-state index contributed by atoms with van der Waals surface area (Å²) in [4.78, 5) is 52.4. The first-order valence-electron chi connectivity index (χ1n) is 19.5. The highest BCUT2D eigenvalue weighted by Gasteiger charge is 2.44. The Labute approximate surface area is 331 Å². The number of ether oxygens (including phenoxy) is 1. The number of nitrogens with one attached hydrogen (secondary N) is 2. The van der Waals surface area contributed by atoms with E-state index >= 15 is 0 Å². The SMILES string of the molecule is CCOC(=O)C1CCC(N(C2CC2)S(=O)(=O)c2cccc(C(=O)Nc3sc4c(c3C(=O)Nc3ccc(CCc5ccc(C(=O)O)cc5)cc3)CCCC4)c2)CC1. The van der Waals surface area contributed by atoms with Crippen molar-refractivity contribution in [3.05, 3.63) is 111 Å². The summed E-state index contributed by atoms with van der Waals surface area (Å²) in [6.45, 7) is 2.10. The molecule has 3 aliphatic rings. The lowest BCUT2D eigenvalue weighted by Gasteiger charge is -2.35. The molecule has 1 heterocycles. The highest BCUT2D eigenvalue weighted by molar-refractivity contribution is 7.89. The number of nitrogens with zero attached hydrogens (tertiary/aromatic N) is 1. The van der Waals surface area contributed by atoms with E-state index in [1.165, 1.54) is 23.5 Å². The topological polar surface area (TPSA) is 159 Å². The van der Waals surface area contributed by atoms with E-state index < -0.39 is 21.9 Å². The van der Waals surface area contributed by atoms with Gasteiger partial charge in [-0.1, -0.05) is 30.3 Å². The van der Waals surface area contributed by atoms with Gasteiger partial charge in [-0.15, -0.1) is 11.3 Å². The summed E-state index contributed by atoms with van der Waals surface area (Å²) in [6, 6.07) is 20.2. The Balaban J connectivity index is 1.04. The second kappa shape index (κ2) is 17.1. The van der Waals surface area contributed by atoms with E-state index in [1.54, 1.807) is 35.5 Å². The van der Waals surface area contributed by atoms with Gasteiger partial charge in [-0.3, -0.25) is 14.4 Å². The average Bonchev–Trinajstić information content (AvgIpc) is 3.96. The third kappa shape index (κ3) is 8.90. The molecule has 2 amide bonds. The predicted molar refractivity (Wildman–Crippen MR) is 215 cm³/mol. The number of hydrogen-bond donors (Lipinski definition) is 3. The third-order valence-electron chi connectivity index (χ3n) is 11.0. The van der Waals surface area contributed by atoms with Gasteiger partial charge in [0.15, 0.2) is 0 Å². The summed E-state index contributed by atoms with van der Waals surface area (Å²) in [5.41, 5.74) is 4.52. The number of anilines is 2. The first kappa shape index (κ1) is 39.4. The molecule has 294 valence electrons. The molecule has 0 bridgehead atoms. The van der Waals surface area contributed by atoms with Gasteiger partial charge in [0, 0.05) is 28.2 Å². The molecule has 0 saturated heterocycles. The van der Waals surface area contributed by atoms with Crippen LogP contribution in [-0.4, -0.2) is 60.3 Å². The number of aryl methyl sites for hydroxylation is 3. The molecule has 1 aromatic heterocycles. The maximum absolute atomic E-state index is 14.2. The molecule has 7 rings (SSSR count). The normalized spacial score (nSPS) is 18.2. The number of carboxylic acid groups (broad SMARTS) is 1. The Morgan fingerprint density at radius 2 is 1.41 bits per heavy atom. The number of rotatable bonds is 14. The Morgan fingerprint density at radius 1 is 0.786 bits per heavy atom. The Bertz CT molecular complexity index is 2200. The van der Waals surface area contributed by atoms with Crippen LogP contribution in [0.3, 0.4) is 0 Å². The van der Waals surface area contributed by atoms with E-state index in [4.69, 9.17) is 9.84 Å². The summed E-state index contributed by atoms with van der Waals surface area (Å²) < 4.78 is 35.2. The fraction of sp³-hybridized carbons (Fsp3) is 0.395. The lowest BCUT2D eigenvalue weighted by Crippen LogP contribution is -2.44. The third-order valence-corrected chi connectivity index (χ3v) is 14.2. The molecular weight excluding hydrogens is 751 g/mol. The number of benzene rings is 3. The van der Waals surface area contributed by atoms with Crippen molar-refractivity contribution in [2.45, 2.75) is 101 Å². The van der Waals surface area contributed by atoms with Crippen molar-refractivity contribution in [3.8, 4) is 0 Å². The van der Waals surface area contributed by atoms with Crippen molar-refractivity contribution in [2.24, 2.45) is 5.92 Å². The van der Waals surface area contributed by atoms with E-state index in [0.29, 0.717) is 48.5 Å². The van der Waals surface area contributed by atoms with E-state index in [2.05, 4.69) is 10.6 Å². The van der Waals surface area contributed by atoms with Gasteiger partial charge in [0.05, 0.1) is 28.5 Å². The molecule has 3 aromatic carbocycles. The van der Waals surface area contributed by atoms with Gasteiger partial charge in [-0.2, -0.15) is 4.31 Å². The predicted octanol–water partition coefficient (Wildman–Crippen LogP) is 7.89. The molecule has 3 N–H and O–H groups in total. The van der Waals surface area contributed by atoms with E-state index in [1.807, 2.05) is 36.4 Å². The second-order valence-electron chi connectivity index (χ2n) is 14.9. The quantitative estimate of drug-likeness (QED) is 0.109. The number of aromatic carboxylic acids is 1. The number of sulfonamides is 1. The molecule has 0 spiro atoms. The molecular formula is C43H47N3O8S2. The van der Waals surface area contributed by atoms with Crippen LogP contribution in [0.25, 0.3) is 0 Å². The van der Waals surface area contributed by atoms with Gasteiger partial charge in [0.25, 0.3) is 11.8 Å². The van der Waals surface area contributed by atoms with Crippen molar-refractivity contribution in [1.29, 1.82) is 0 Å². The van der Waals surface area contributed by atoms with Gasteiger partial charge in [0.1, 0.15) is 5.00 Å². The lowest BCUT2D eigenvalue weighted by molar-refractivity contribution is -0.149. The van der Waals surface area contributed by atoms with E-state index in [9.17, 15) is 27.6 Å². The van der Waals surface area contributed by atoms with Crippen LogP contribution in [0.15, 0.2) is 77.7 Å². The summed E-state index contributed by atoms with van der Waals surface area (Å²) >= 11 is 1.40. The standard InChI is InChI=1S/C43H47N3O8S2/c1-2-54-43(51)30-18-22-33(23-19-30)46(34-24-25-34)56(52,53)35-7-5-6-31(26-35)39(47)45-41-38(36-8-3-4-9-37(36)55-41)40(48)44-32-20-14-28(15-21-32)11-10-27-12-16-29(17-13-27)42(49)50/h5-7,12-17,20-21,26,30,33-34H,2-4,8-11,18-19,22-25H2,1H3,(H,44,48)(H,45,47)(H,49,50). The number of carbonyl (C=O) groups is 4. The highest BCUT2D eigenvalue weighted by atomic mass is 32.2. The minimum Gasteiger partial charge on any atom is -0.478 e. The number of carbonyl (C=O) groups excluding carboxylic acids is 3. The van der Waals surface area contributed by atoms with Gasteiger partial charge < -0.3 is 20.5 Å². The highest BCUT2D eigenvalue weighted by Crippen LogP contribution is 2.41. The largest absolute Gasteiger partial charge is 0.478 e. The minimum absolute atomic E-state index is 0.0487. The Morgan fingerprint density at radius 3 is 2.04 bits per heavy atom. The fourth-order valence-electron chi connectivity index (χ4n) is 7.89. The van der Waals surface area contributed by atoms with Crippen LogP contribution >= 0.6 is 11.3 Å². The molecule has 0 atom stereocenters. The van der Waals surface area contributed by atoms with Gasteiger partial charge >= 0.3 is 11.9 Å². The van der Waals surface area contributed by atoms with Crippen molar-refractivity contribution < 1.29 is 37.4 Å². The number of fused-ring (bicyclic) bond motifs is 1. The van der Waals surface area contributed by atoms with Crippen molar-refractivity contribution in [2.75, 3.05) is 17.2 Å². The zero-order chi connectivity index (χ0) is 39.4. The maximum atomic E-state index is 14.2. The van der Waals surface area contributed by atoms with Crippen molar-refractivity contribution >= 4 is 55.8 Å². The number of carboxylic acids is 1. The Hall–Kier alpha value is -4.85. The van der Waals surface area contributed by atoms with Gasteiger partial charge in [-0.25, -0.2) is 13.2 Å². The molecule has 2 fully saturated rings. The number of amides is 2. The van der Waals surface area contributed by atoms with Gasteiger partial charge in [-0.05, 0) is 143 Å². The molecule has 0 radical (unpaired) electrons. The average molecular weight is 798 g/mol. The summed E-state index contributed by atoms with van der Waals surface area (Å²) in [5.74, 6) is -2.20. The van der Waals surface area contributed by atoms with Crippen molar-refractivity contribution in [3.63, 3.8) is 0 Å². The van der Waals surface area contributed by atoms with Gasteiger partial charge in [0.2, 0.25) is 10.0 Å². The van der Waals surface area contributed by atoms with E-state index in [-0.39, 0.29) is 45.9 Å². The molecule has 3 aliphatic carbocycles. The molecule has 11 nitrogen and oxygen atoms in total. The van der Waals surface area contributed by atoms with Crippen LogP contribution in [0.1, 0.15) is 111 Å². The van der Waals surface area contributed by atoms with Crippen LogP contribution < -0.4 is 10.6 Å². The zero-order valence-corrected chi connectivity index (χ0v) is 33.1. The number of hydrogen-bond acceptors (Lipinski definition) is 8. The van der Waals surface area contributed by atoms with Crippen LogP contribution in [0, 0.1) is 5.92 Å². The molecule has 0 aliphatic heterocycles.